The molecule has 1 N–H and O–H groups in total. The van der Waals surface area contributed by atoms with Gasteiger partial charge in [0.15, 0.2) is 6.10 Å². The molecule has 168 valence electrons. The van der Waals surface area contributed by atoms with Crippen molar-refractivity contribution in [2.45, 2.75) is 64.5 Å². The molecule has 2 amide bonds. The van der Waals surface area contributed by atoms with Crippen LogP contribution in [0.4, 0.5) is 0 Å². The highest BCUT2D eigenvalue weighted by Gasteiger charge is 2.51. The molecule has 0 aromatic heterocycles. The van der Waals surface area contributed by atoms with Crippen molar-refractivity contribution in [3.63, 3.8) is 0 Å². The van der Waals surface area contributed by atoms with Crippen LogP contribution in [0.5, 0.6) is 0 Å². The van der Waals surface area contributed by atoms with Crippen molar-refractivity contribution in [1.82, 2.24) is 10.2 Å². The number of ether oxygens (including phenoxy) is 1. The lowest BCUT2D eigenvalue weighted by molar-refractivity contribution is -0.158. The molecule has 1 aromatic carbocycles. The molecule has 6 nitrogen and oxygen atoms in total. The second-order valence-electron chi connectivity index (χ2n) is 10.2. The zero-order valence-electron chi connectivity index (χ0n) is 18.6. The number of nitrogens with one attached hydrogen (secondary N) is 1. The van der Waals surface area contributed by atoms with Gasteiger partial charge >= 0.3 is 5.97 Å². The van der Waals surface area contributed by atoms with E-state index < -0.39 is 12.1 Å². The molecular weight excluding hydrogens is 392 g/mol. The number of carbonyl (C=O) groups is 3. The van der Waals surface area contributed by atoms with Crippen molar-refractivity contribution in [2.75, 3.05) is 13.6 Å². The molecule has 4 fully saturated rings. The van der Waals surface area contributed by atoms with Gasteiger partial charge in [0.1, 0.15) is 6.54 Å². The second kappa shape index (κ2) is 9.01. The Labute approximate surface area is 184 Å². The Bertz CT molecular complexity index is 787. The van der Waals surface area contributed by atoms with Crippen LogP contribution in [0.25, 0.3) is 0 Å². The van der Waals surface area contributed by atoms with E-state index in [4.69, 9.17) is 4.74 Å². The van der Waals surface area contributed by atoms with Gasteiger partial charge < -0.3 is 15.0 Å². The molecule has 31 heavy (non-hydrogen) atoms. The highest BCUT2D eigenvalue weighted by atomic mass is 16.5. The molecule has 4 aliphatic carbocycles. The summed E-state index contributed by atoms with van der Waals surface area (Å²) in [6.45, 7) is 1.83. The van der Waals surface area contributed by atoms with Gasteiger partial charge in [0.05, 0.1) is 0 Å². The number of amides is 2. The fourth-order valence-electron chi connectivity index (χ4n) is 6.62. The highest BCUT2D eigenvalue weighted by molar-refractivity contribution is 5.86. The lowest BCUT2D eigenvalue weighted by atomic mass is 9.49. The monoisotopic (exact) mass is 426 g/mol. The fraction of sp³-hybridized carbons (Fsp3) is 0.640. The van der Waals surface area contributed by atoms with Gasteiger partial charge in [0, 0.05) is 20.0 Å². The van der Waals surface area contributed by atoms with E-state index in [0.717, 1.165) is 42.6 Å². The van der Waals surface area contributed by atoms with Crippen LogP contribution < -0.4 is 5.32 Å². The van der Waals surface area contributed by atoms with E-state index >= 15 is 0 Å². The third-order valence-corrected chi connectivity index (χ3v) is 7.43. The smallest absolute Gasteiger partial charge is 0.326 e. The standard InChI is InChI=1S/C25H34N2O4/c1-17(24(30)27(2)16-18-6-4-3-5-7-18)31-23(29)15-26-22(28)14-25-11-19-8-20(12-25)10-21(9-19)13-25/h3-7,17,19-21H,8-16H2,1-2H3,(H,26,28)/t17-,19?,20?,21?,25?/m1/s1. The van der Waals surface area contributed by atoms with E-state index in [-0.39, 0.29) is 23.8 Å². The molecule has 4 bridgehead atoms. The molecule has 0 spiro atoms. The van der Waals surface area contributed by atoms with Gasteiger partial charge in [-0.1, -0.05) is 30.3 Å². The Morgan fingerprint density at radius 2 is 1.65 bits per heavy atom. The maximum Gasteiger partial charge on any atom is 0.326 e. The van der Waals surface area contributed by atoms with E-state index in [1.54, 1.807) is 18.9 Å². The molecule has 0 unspecified atom stereocenters. The van der Waals surface area contributed by atoms with Gasteiger partial charge in [0.25, 0.3) is 5.91 Å². The molecular formula is C25H34N2O4. The van der Waals surface area contributed by atoms with Crippen LogP contribution in [-0.2, 0) is 25.7 Å². The molecule has 0 heterocycles. The third-order valence-electron chi connectivity index (χ3n) is 7.43. The number of nitrogens with zero attached hydrogens (tertiary/aromatic N) is 1. The van der Waals surface area contributed by atoms with E-state index in [1.807, 2.05) is 30.3 Å². The molecule has 0 radical (unpaired) electrons. The Morgan fingerprint density at radius 1 is 1.06 bits per heavy atom. The van der Waals surface area contributed by atoms with Crippen LogP contribution in [-0.4, -0.2) is 42.4 Å². The fourth-order valence-corrected chi connectivity index (χ4v) is 6.62. The lowest BCUT2D eigenvalue weighted by Gasteiger charge is -2.56. The van der Waals surface area contributed by atoms with Crippen LogP contribution in [0, 0.1) is 23.2 Å². The largest absolute Gasteiger partial charge is 0.451 e. The third kappa shape index (κ3) is 5.28. The number of carbonyl (C=O) groups excluding carboxylic acids is 3. The van der Waals surface area contributed by atoms with Crippen molar-refractivity contribution in [2.24, 2.45) is 23.2 Å². The summed E-state index contributed by atoms with van der Waals surface area (Å²) < 4.78 is 5.27. The number of hydrogen-bond acceptors (Lipinski definition) is 4. The zero-order valence-corrected chi connectivity index (χ0v) is 18.6. The van der Waals surface area contributed by atoms with Crippen LogP contribution in [0.3, 0.4) is 0 Å². The molecule has 4 aliphatic rings. The summed E-state index contributed by atoms with van der Waals surface area (Å²) >= 11 is 0. The molecule has 1 aromatic rings. The van der Waals surface area contributed by atoms with Crippen LogP contribution in [0.1, 0.15) is 57.4 Å². The quantitative estimate of drug-likeness (QED) is 0.647. The summed E-state index contributed by atoms with van der Waals surface area (Å²) in [6.07, 6.45) is 7.15. The van der Waals surface area contributed by atoms with Gasteiger partial charge in [-0.3, -0.25) is 14.4 Å². The molecule has 0 saturated heterocycles. The van der Waals surface area contributed by atoms with Crippen LogP contribution in [0.2, 0.25) is 0 Å². The summed E-state index contributed by atoms with van der Waals surface area (Å²) in [5, 5.41) is 2.73. The Kier molecular flexibility index (Phi) is 6.35. The Morgan fingerprint density at radius 3 is 2.23 bits per heavy atom. The Balaban J connectivity index is 1.20. The number of rotatable bonds is 8. The summed E-state index contributed by atoms with van der Waals surface area (Å²) in [5.41, 5.74) is 1.15. The van der Waals surface area contributed by atoms with Gasteiger partial charge in [-0.25, -0.2) is 0 Å². The SMILES string of the molecule is C[C@@H](OC(=O)CNC(=O)CC12CC3CC(CC(C3)C1)C2)C(=O)N(C)Cc1ccccc1. The molecule has 4 saturated carbocycles. The first-order valence-electron chi connectivity index (χ1n) is 11.6. The van der Waals surface area contributed by atoms with E-state index in [9.17, 15) is 14.4 Å². The van der Waals surface area contributed by atoms with Gasteiger partial charge in [0.2, 0.25) is 5.91 Å². The van der Waals surface area contributed by atoms with E-state index in [1.165, 1.54) is 19.3 Å². The average molecular weight is 427 g/mol. The molecule has 5 rings (SSSR count). The first-order chi connectivity index (χ1) is 14.8. The van der Waals surface area contributed by atoms with Crippen LogP contribution in [0.15, 0.2) is 30.3 Å². The van der Waals surface area contributed by atoms with Gasteiger partial charge in [-0.05, 0) is 74.2 Å². The Hall–Kier alpha value is -2.37. The minimum atomic E-state index is -0.888. The first kappa shape index (κ1) is 21.8. The van der Waals surface area contributed by atoms with Crippen molar-refractivity contribution >= 4 is 17.8 Å². The zero-order chi connectivity index (χ0) is 22.0. The maximum absolute atomic E-state index is 12.6. The van der Waals surface area contributed by atoms with Crippen molar-refractivity contribution < 1.29 is 19.1 Å². The first-order valence-corrected chi connectivity index (χ1v) is 11.6. The van der Waals surface area contributed by atoms with Crippen LogP contribution >= 0.6 is 0 Å². The van der Waals surface area contributed by atoms with Gasteiger partial charge in [-0.15, -0.1) is 0 Å². The summed E-state index contributed by atoms with van der Waals surface area (Å²) in [6, 6.07) is 9.65. The normalized spacial score (nSPS) is 29.3. The summed E-state index contributed by atoms with van der Waals surface area (Å²) in [5.74, 6) is 1.47. The number of esters is 1. The predicted octanol–water partition coefficient (Wildman–Crippen LogP) is 3.30. The van der Waals surface area contributed by atoms with Crippen molar-refractivity contribution in [1.29, 1.82) is 0 Å². The number of likely N-dealkylation sites (N-methyl/N-ethyl adjacent to an activating group) is 1. The maximum atomic E-state index is 12.6. The molecule has 1 atom stereocenters. The lowest BCUT2D eigenvalue weighted by Crippen LogP contribution is -2.48. The molecule has 6 heteroatoms. The summed E-state index contributed by atoms with van der Waals surface area (Å²) in [4.78, 5) is 38.8. The topological polar surface area (TPSA) is 75.7 Å². The van der Waals surface area contributed by atoms with Crippen molar-refractivity contribution in [3.8, 4) is 0 Å². The minimum Gasteiger partial charge on any atom is -0.451 e. The molecule has 0 aliphatic heterocycles. The summed E-state index contributed by atoms with van der Waals surface area (Å²) in [7, 11) is 1.69. The average Bonchev–Trinajstić information content (AvgIpc) is 2.71. The van der Waals surface area contributed by atoms with E-state index in [0.29, 0.717) is 13.0 Å². The van der Waals surface area contributed by atoms with E-state index in [2.05, 4.69) is 5.32 Å². The number of hydrogen-bond donors (Lipinski definition) is 1. The second-order valence-corrected chi connectivity index (χ2v) is 10.2. The highest BCUT2D eigenvalue weighted by Crippen LogP contribution is 2.61. The predicted molar refractivity (Wildman–Crippen MR) is 117 cm³/mol. The number of benzene rings is 1. The minimum absolute atomic E-state index is 0.0703. The van der Waals surface area contributed by atoms with Gasteiger partial charge in [-0.2, -0.15) is 0 Å². The van der Waals surface area contributed by atoms with Crippen molar-refractivity contribution in [3.05, 3.63) is 35.9 Å².